The quantitative estimate of drug-likeness (QED) is 0.860. The number of aliphatic carboxylic acids is 1. The first-order valence-electron chi connectivity index (χ1n) is 6.08. The lowest BCUT2D eigenvalue weighted by atomic mass is 9.99. The van der Waals surface area contributed by atoms with E-state index in [4.69, 9.17) is 5.11 Å². The molecule has 1 aliphatic heterocycles. The van der Waals surface area contributed by atoms with Crippen molar-refractivity contribution < 1.29 is 18.3 Å². The second kappa shape index (κ2) is 5.30. The van der Waals surface area contributed by atoms with Crippen LogP contribution in [0.5, 0.6) is 0 Å². The van der Waals surface area contributed by atoms with Gasteiger partial charge in [-0.05, 0) is 17.5 Å². The van der Waals surface area contributed by atoms with Crippen LogP contribution in [0.2, 0.25) is 0 Å². The number of hydrogen-bond acceptors (Lipinski definition) is 4. The lowest BCUT2D eigenvalue weighted by molar-refractivity contribution is -0.141. The molecule has 104 valence electrons. The number of sulfone groups is 1. The summed E-state index contributed by atoms with van der Waals surface area (Å²) in [6.07, 6.45) is 1.78. The fourth-order valence-corrected chi connectivity index (χ4v) is 3.12. The van der Waals surface area contributed by atoms with Gasteiger partial charge in [0.05, 0.1) is 11.7 Å². The number of benzene rings is 1. The SMILES string of the molecule is CS(=O)(=O)Cc1ccc(C2CC(C(=O)O)CN2)cc1. The maximum atomic E-state index is 11.2. The van der Waals surface area contributed by atoms with E-state index < -0.39 is 15.8 Å². The molecule has 0 aromatic heterocycles. The Morgan fingerprint density at radius 3 is 2.47 bits per heavy atom. The van der Waals surface area contributed by atoms with E-state index in [0.29, 0.717) is 13.0 Å². The normalized spacial score (nSPS) is 23.4. The van der Waals surface area contributed by atoms with E-state index in [1.807, 2.05) is 12.1 Å². The Labute approximate surface area is 112 Å². The van der Waals surface area contributed by atoms with Crippen molar-refractivity contribution in [2.24, 2.45) is 5.92 Å². The highest BCUT2D eigenvalue weighted by Crippen LogP contribution is 2.27. The predicted molar refractivity (Wildman–Crippen MR) is 71.5 cm³/mol. The molecule has 19 heavy (non-hydrogen) atoms. The minimum Gasteiger partial charge on any atom is -0.481 e. The van der Waals surface area contributed by atoms with Crippen LogP contribution in [-0.4, -0.2) is 32.3 Å². The highest BCUT2D eigenvalue weighted by molar-refractivity contribution is 7.89. The second-order valence-electron chi connectivity index (χ2n) is 5.04. The zero-order valence-corrected chi connectivity index (χ0v) is 11.5. The molecule has 6 heteroatoms. The molecule has 0 bridgehead atoms. The summed E-state index contributed by atoms with van der Waals surface area (Å²) in [6.45, 7) is 0.477. The number of nitrogens with one attached hydrogen (secondary N) is 1. The standard InChI is InChI=1S/C13H17NO4S/c1-19(17,18)8-9-2-4-10(5-3-9)12-6-11(7-14-12)13(15)16/h2-5,11-12,14H,6-8H2,1H3,(H,15,16). The van der Waals surface area contributed by atoms with Crippen LogP contribution in [0.25, 0.3) is 0 Å². The van der Waals surface area contributed by atoms with Crippen LogP contribution in [0.1, 0.15) is 23.6 Å². The summed E-state index contributed by atoms with van der Waals surface area (Å²) in [4.78, 5) is 10.9. The summed E-state index contributed by atoms with van der Waals surface area (Å²) in [6, 6.07) is 7.33. The third kappa shape index (κ3) is 3.78. The van der Waals surface area contributed by atoms with Gasteiger partial charge in [-0.3, -0.25) is 4.79 Å². The van der Waals surface area contributed by atoms with Gasteiger partial charge < -0.3 is 10.4 Å². The van der Waals surface area contributed by atoms with Crippen molar-refractivity contribution in [3.63, 3.8) is 0 Å². The van der Waals surface area contributed by atoms with Gasteiger partial charge in [0.15, 0.2) is 9.84 Å². The van der Waals surface area contributed by atoms with Crippen LogP contribution in [0.15, 0.2) is 24.3 Å². The zero-order chi connectivity index (χ0) is 14.0. The number of rotatable bonds is 4. The van der Waals surface area contributed by atoms with Gasteiger partial charge in [0.2, 0.25) is 0 Å². The van der Waals surface area contributed by atoms with Crippen LogP contribution >= 0.6 is 0 Å². The predicted octanol–water partition coefficient (Wildman–Crippen LogP) is 0.966. The number of carboxylic acids is 1. The molecular weight excluding hydrogens is 266 g/mol. The van der Waals surface area contributed by atoms with Gasteiger partial charge >= 0.3 is 5.97 Å². The molecule has 0 aliphatic carbocycles. The smallest absolute Gasteiger partial charge is 0.307 e. The van der Waals surface area contributed by atoms with Gasteiger partial charge in [-0.15, -0.1) is 0 Å². The third-order valence-corrected chi connectivity index (χ3v) is 4.15. The number of carbonyl (C=O) groups is 1. The highest BCUT2D eigenvalue weighted by atomic mass is 32.2. The second-order valence-corrected chi connectivity index (χ2v) is 7.18. The Balaban J connectivity index is 2.05. The molecule has 1 heterocycles. The van der Waals surface area contributed by atoms with Gasteiger partial charge in [-0.25, -0.2) is 8.42 Å². The van der Waals surface area contributed by atoms with E-state index in [-0.39, 0.29) is 17.7 Å². The molecule has 2 atom stereocenters. The van der Waals surface area contributed by atoms with Gasteiger partial charge in [0.1, 0.15) is 0 Å². The zero-order valence-electron chi connectivity index (χ0n) is 10.7. The van der Waals surface area contributed by atoms with Gasteiger partial charge in [-0.2, -0.15) is 0 Å². The van der Waals surface area contributed by atoms with E-state index in [1.165, 1.54) is 6.26 Å². The molecule has 2 rings (SSSR count). The molecule has 0 amide bonds. The van der Waals surface area contributed by atoms with Crippen LogP contribution < -0.4 is 5.32 Å². The van der Waals surface area contributed by atoms with Crippen LogP contribution in [0.4, 0.5) is 0 Å². The fraction of sp³-hybridized carbons (Fsp3) is 0.462. The molecule has 5 nitrogen and oxygen atoms in total. The van der Waals surface area contributed by atoms with Gasteiger partial charge in [0.25, 0.3) is 0 Å². The summed E-state index contributed by atoms with van der Waals surface area (Å²) in [7, 11) is -3.02. The van der Waals surface area contributed by atoms with Crippen molar-refractivity contribution >= 4 is 15.8 Å². The topological polar surface area (TPSA) is 83.5 Å². The Morgan fingerprint density at radius 1 is 1.37 bits per heavy atom. The Kier molecular flexibility index (Phi) is 3.91. The average Bonchev–Trinajstić information content (AvgIpc) is 2.77. The highest BCUT2D eigenvalue weighted by Gasteiger charge is 2.29. The van der Waals surface area contributed by atoms with Crippen molar-refractivity contribution in [1.82, 2.24) is 5.32 Å². The Bertz CT molecular complexity index is 565. The molecule has 1 aromatic rings. The molecule has 1 saturated heterocycles. The molecule has 1 fully saturated rings. The van der Waals surface area contributed by atoms with Crippen molar-refractivity contribution in [2.45, 2.75) is 18.2 Å². The van der Waals surface area contributed by atoms with Crippen LogP contribution in [0, 0.1) is 5.92 Å². The Morgan fingerprint density at radius 2 is 2.00 bits per heavy atom. The summed E-state index contributed by atoms with van der Waals surface area (Å²) < 4.78 is 22.4. The summed E-state index contributed by atoms with van der Waals surface area (Å²) in [5, 5.41) is 12.1. The van der Waals surface area contributed by atoms with E-state index in [1.54, 1.807) is 12.1 Å². The van der Waals surface area contributed by atoms with Crippen LogP contribution in [0.3, 0.4) is 0 Å². The maximum absolute atomic E-state index is 11.2. The minimum absolute atomic E-state index is 0.0309. The first-order chi connectivity index (χ1) is 8.85. The fourth-order valence-electron chi connectivity index (χ4n) is 2.33. The molecule has 0 radical (unpaired) electrons. The van der Waals surface area contributed by atoms with Gasteiger partial charge in [0, 0.05) is 18.8 Å². The molecule has 0 saturated carbocycles. The molecule has 2 N–H and O–H groups in total. The summed E-state index contributed by atoms with van der Waals surface area (Å²) in [5.74, 6) is -1.09. The van der Waals surface area contributed by atoms with Gasteiger partial charge in [-0.1, -0.05) is 24.3 Å². The maximum Gasteiger partial charge on any atom is 0.307 e. The van der Waals surface area contributed by atoms with Crippen molar-refractivity contribution in [2.75, 3.05) is 12.8 Å². The van der Waals surface area contributed by atoms with Crippen LogP contribution in [-0.2, 0) is 20.4 Å². The summed E-state index contributed by atoms with van der Waals surface area (Å²) >= 11 is 0. The van der Waals surface area contributed by atoms with Crippen molar-refractivity contribution in [3.05, 3.63) is 35.4 Å². The molecule has 1 aliphatic rings. The van der Waals surface area contributed by atoms with E-state index in [2.05, 4.69) is 5.32 Å². The lowest BCUT2D eigenvalue weighted by Gasteiger charge is -2.11. The van der Waals surface area contributed by atoms with Crippen molar-refractivity contribution in [1.29, 1.82) is 0 Å². The van der Waals surface area contributed by atoms with E-state index in [9.17, 15) is 13.2 Å². The number of hydrogen-bond donors (Lipinski definition) is 2. The number of carboxylic acid groups (broad SMARTS) is 1. The molecule has 0 spiro atoms. The first kappa shape index (κ1) is 14.0. The lowest BCUT2D eigenvalue weighted by Crippen LogP contribution is -2.17. The first-order valence-corrected chi connectivity index (χ1v) is 8.14. The van der Waals surface area contributed by atoms with E-state index >= 15 is 0 Å². The third-order valence-electron chi connectivity index (χ3n) is 3.29. The summed E-state index contributed by atoms with van der Waals surface area (Å²) in [5.41, 5.74) is 1.75. The van der Waals surface area contributed by atoms with Crippen molar-refractivity contribution in [3.8, 4) is 0 Å². The molecule has 1 aromatic carbocycles. The van der Waals surface area contributed by atoms with E-state index in [0.717, 1.165) is 11.1 Å². The monoisotopic (exact) mass is 283 g/mol. The minimum atomic E-state index is -3.02. The molecular formula is C13H17NO4S. The largest absolute Gasteiger partial charge is 0.481 e. The average molecular weight is 283 g/mol. The Hall–Kier alpha value is -1.40. The molecule has 2 unspecified atom stereocenters.